The highest BCUT2D eigenvalue weighted by atomic mass is 31.2. The quantitative estimate of drug-likeness (QED) is 0.0264. The van der Waals surface area contributed by atoms with Crippen LogP contribution in [0.2, 0.25) is 0 Å². The van der Waals surface area contributed by atoms with Gasteiger partial charge in [-0.05, 0) is 89.9 Å². The Labute approximate surface area is 436 Å². The third-order valence-electron chi connectivity index (χ3n) is 12.3. The smallest absolute Gasteiger partial charge is 0.462 e. The summed E-state index contributed by atoms with van der Waals surface area (Å²) >= 11 is 0. The third kappa shape index (κ3) is 56.3. The predicted octanol–water partition coefficient (Wildman–Crippen LogP) is 18.3. The van der Waals surface area contributed by atoms with Crippen LogP contribution in [-0.4, -0.2) is 49.3 Å². The number of hydrogen-bond acceptors (Lipinski definition) is 8. The van der Waals surface area contributed by atoms with E-state index in [9.17, 15) is 19.0 Å². The van der Waals surface area contributed by atoms with Crippen molar-refractivity contribution >= 4 is 19.8 Å². The standard InChI is InChI=1S/C61H108NO8P/c1-3-5-7-9-11-13-15-17-19-21-23-25-27-28-29-30-32-33-35-37-39-41-43-45-47-49-51-53-60(63)67-57-59(58-69-71(65,66)68-56-55-62)70-61(64)54-52-50-48-46-44-42-40-38-36-34-31-26-24-22-20-18-16-14-12-10-8-6-4-2/h6,8,12,14-15,17-18,20-21,23-24,26-28,59H,3-5,7,9-11,13,16,19,22,25,29-58,62H2,1-2H3,(H,65,66)/b8-6-,14-12-,17-15-,20-18-,23-21-,26-24-,28-27-. The molecular formula is C61H108NO8P. The monoisotopic (exact) mass is 1010 g/mol. The fourth-order valence-corrected chi connectivity index (χ4v) is 8.75. The summed E-state index contributed by atoms with van der Waals surface area (Å²) in [5.74, 6) is -0.833. The molecule has 0 aliphatic heterocycles. The van der Waals surface area contributed by atoms with Gasteiger partial charge in [-0.1, -0.05) is 240 Å². The van der Waals surface area contributed by atoms with E-state index in [-0.39, 0.29) is 38.6 Å². The second-order valence-electron chi connectivity index (χ2n) is 19.1. The maximum atomic E-state index is 12.7. The number of phosphoric acid groups is 1. The molecule has 0 saturated heterocycles. The van der Waals surface area contributed by atoms with Gasteiger partial charge in [-0.3, -0.25) is 18.6 Å². The maximum Gasteiger partial charge on any atom is 0.472 e. The Morgan fingerprint density at radius 2 is 0.775 bits per heavy atom. The molecule has 0 heterocycles. The van der Waals surface area contributed by atoms with Crippen molar-refractivity contribution in [2.45, 2.75) is 264 Å². The molecule has 0 bridgehead atoms. The SMILES string of the molecule is CC/C=C\C/C=C\C/C=C\C/C=C\CCCCCCCCCCCCC(=O)OC(COC(=O)CCCCCCCCCCCCCC/C=C\C/C=C\C/C=C\CCCCCCC)COP(=O)(O)OCCN. The van der Waals surface area contributed by atoms with Gasteiger partial charge in [0.1, 0.15) is 6.61 Å². The highest BCUT2D eigenvalue weighted by Gasteiger charge is 2.26. The van der Waals surface area contributed by atoms with Gasteiger partial charge < -0.3 is 20.1 Å². The van der Waals surface area contributed by atoms with Crippen LogP contribution >= 0.6 is 7.82 Å². The lowest BCUT2D eigenvalue weighted by molar-refractivity contribution is -0.161. The minimum Gasteiger partial charge on any atom is -0.462 e. The second kappa shape index (κ2) is 56.5. The number of carbonyl (C=O) groups excluding carboxylic acids is 2. The summed E-state index contributed by atoms with van der Waals surface area (Å²) in [6.45, 7) is 3.63. The number of rotatable bonds is 54. The molecule has 10 heteroatoms. The molecule has 0 aliphatic rings. The molecule has 410 valence electrons. The first-order valence-electron chi connectivity index (χ1n) is 29.1. The van der Waals surface area contributed by atoms with Gasteiger partial charge in [0.25, 0.3) is 0 Å². The summed E-state index contributed by atoms with van der Waals surface area (Å²) in [7, 11) is -4.39. The van der Waals surface area contributed by atoms with Crippen LogP contribution in [0.5, 0.6) is 0 Å². The lowest BCUT2D eigenvalue weighted by Crippen LogP contribution is -2.29. The van der Waals surface area contributed by atoms with Gasteiger partial charge in [0, 0.05) is 19.4 Å². The van der Waals surface area contributed by atoms with Crippen molar-refractivity contribution in [3.05, 3.63) is 85.1 Å². The van der Waals surface area contributed by atoms with E-state index in [4.69, 9.17) is 24.3 Å². The molecule has 3 N–H and O–H groups in total. The molecule has 71 heavy (non-hydrogen) atoms. The molecule has 0 amide bonds. The number of ether oxygens (including phenoxy) is 2. The summed E-state index contributed by atoms with van der Waals surface area (Å²) in [6, 6.07) is 0. The lowest BCUT2D eigenvalue weighted by atomic mass is 10.0. The number of phosphoric ester groups is 1. The number of carbonyl (C=O) groups is 2. The van der Waals surface area contributed by atoms with Gasteiger partial charge in [-0.25, -0.2) is 4.57 Å². The number of unbranched alkanes of at least 4 members (excludes halogenated alkanes) is 27. The van der Waals surface area contributed by atoms with E-state index in [1.165, 1.54) is 141 Å². The Balaban J connectivity index is 3.99. The van der Waals surface area contributed by atoms with Crippen molar-refractivity contribution in [3.8, 4) is 0 Å². The van der Waals surface area contributed by atoms with E-state index in [0.717, 1.165) is 83.5 Å². The zero-order valence-electron chi connectivity index (χ0n) is 45.7. The lowest BCUT2D eigenvalue weighted by Gasteiger charge is -2.19. The number of nitrogens with two attached hydrogens (primary N) is 1. The van der Waals surface area contributed by atoms with E-state index in [1.54, 1.807) is 0 Å². The Morgan fingerprint density at radius 1 is 0.437 bits per heavy atom. The van der Waals surface area contributed by atoms with Crippen molar-refractivity contribution < 1.29 is 37.6 Å². The predicted molar refractivity (Wildman–Crippen MR) is 302 cm³/mol. The van der Waals surface area contributed by atoms with E-state index in [0.29, 0.717) is 6.42 Å². The van der Waals surface area contributed by atoms with E-state index in [1.807, 2.05) is 0 Å². The Morgan fingerprint density at radius 3 is 1.15 bits per heavy atom. The summed E-state index contributed by atoms with van der Waals surface area (Å²) < 4.78 is 33.0. The van der Waals surface area contributed by atoms with Crippen LogP contribution in [0.4, 0.5) is 0 Å². The number of hydrogen-bond donors (Lipinski definition) is 2. The molecule has 2 atom stereocenters. The molecule has 0 aromatic carbocycles. The maximum absolute atomic E-state index is 12.7. The molecule has 0 aromatic heterocycles. The normalized spacial score (nSPS) is 13.7. The van der Waals surface area contributed by atoms with Crippen LogP contribution in [-0.2, 0) is 32.7 Å². The summed E-state index contributed by atoms with van der Waals surface area (Å²) in [5.41, 5.74) is 5.38. The largest absolute Gasteiger partial charge is 0.472 e. The highest BCUT2D eigenvalue weighted by Crippen LogP contribution is 2.43. The number of esters is 2. The van der Waals surface area contributed by atoms with Crippen molar-refractivity contribution in [3.63, 3.8) is 0 Å². The van der Waals surface area contributed by atoms with Gasteiger partial charge in [0.15, 0.2) is 6.10 Å². The van der Waals surface area contributed by atoms with E-state index < -0.39 is 26.5 Å². The van der Waals surface area contributed by atoms with Crippen LogP contribution in [0.15, 0.2) is 85.1 Å². The van der Waals surface area contributed by atoms with Gasteiger partial charge in [-0.2, -0.15) is 0 Å². The molecule has 0 radical (unpaired) electrons. The first-order chi connectivity index (χ1) is 34.8. The molecule has 0 fully saturated rings. The highest BCUT2D eigenvalue weighted by molar-refractivity contribution is 7.47. The average molecular weight is 1010 g/mol. The molecule has 0 saturated carbocycles. The first kappa shape index (κ1) is 68.2. The van der Waals surface area contributed by atoms with Crippen LogP contribution in [0.1, 0.15) is 258 Å². The minimum absolute atomic E-state index is 0.0492. The fourth-order valence-electron chi connectivity index (χ4n) is 7.99. The first-order valence-corrected chi connectivity index (χ1v) is 30.6. The van der Waals surface area contributed by atoms with Gasteiger partial charge in [0.05, 0.1) is 13.2 Å². The van der Waals surface area contributed by atoms with Crippen molar-refractivity contribution in [1.82, 2.24) is 0 Å². The molecule has 2 unspecified atom stereocenters. The van der Waals surface area contributed by atoms with Crippen LogP contribution < -0.4 is 5.73 Å². The zero-order valence-corrected chi connectivity index (χ0v) is 46.6. The van der Waals surface area contributed by atoms with Gasteiger partial charge in [0.2, 0.25) is 0 Å². The summed E-state index contributed by atoms with van der Waals surface area (Å²) in [4.78, 5) is 35.2. The van der Waals surface area contributed by atoms with Gasteiger partial charge >= 0.3 is 19.8 Å². The topological polar surface area (TPSA) is 134 Å². The summed E-state index contributed by atoms with van der Waals surface area (Å²) in [6.07, 6.45) is 73.4. The molecular weight excluding hydrogens is 906 g/mol. The van der Waals surface area contributed by atoms with Crippen molar-refractivity contribution in [2.24, 2.45) is 5.73 Å². The van der Waals surface area contributed by atoms with Crippen molar-refractivity contribution in [1.29, 1.82) is 0 Å². The molecule has 0 aliphatic carbocycles. The van der Waals surface area contributed by atoms with Crippen LogP contribution in [0.25, 0.3) is 0 Å². The second-order valence-corrected chi connectivity index (χ2v) is 20.6. The summed E-state index contributed by atoms with van der Waals surface area (Å²) in [5, 5.41) is 0. The average Bonchev–Trinajstić information content (AvgIpc) is 3.36. The van der Waals surface area contributed by atoms with Crippen molar-refractivity contribution in [2.75, 3.05) is 26.4 Å². The van der Waals surface area contributed by atoms with E-state index in [2.05, 4.69) is 98.9 Å². The number of allylic oxidation sites excluding steroid dienone is 14. The fraction of sp³-hybridized carbons (Fsp3) is 0.738. The molecule has 0 spiro atoms. The molecule has 0 rings (SSSR count). The molecule has 0 aromatic rings. The Kier molecular flexibility index (Phi) is 54.2. The van der Waals surface area contributed by atoms with Crippen LogP contribution in [0, 0.1) is 0 Å². The van der Waals surface area contributed by atoms with Crippen LogP contribution in [0.3, 0.4) is 0 Å². The minimum atomic E-state index is -4.39. The molecule has 9 nitrogen and oxygen atoms in total. The zero-order chi connectivity index (χ0) is 51.7. The Hall–Kier alpha value is -2.81. The third-order valence-corrected chi connectivity index (χ3v) is 13.2. The Bertz CT molecular complexity index is 1440. The van der Waals surface area contributed by atoms with Gasteiger partial charge in [-0.15, -0.1) is 0 Å². The van der Waals surface area contributed by atoms with E-state index >= 15 is 0 Å².